The average Bonchev–Trinajstić information content (AvgIpc) is 3.62. The minimum absolute atomic E-state index is 0.0288. The molecule has 1 aliphatic heterocycles. The Morgan fingerprint density at radius 2 is 1.63 bits per heavy atom. The molecule has 3 aliphatic rings. The van der Waals surface area contributed by atoms with Crippen LogP contribution in [0.1, 0.15) is 135 Å². The summed E-state index contributed by atoms with van der Waals surface area (Å²) in [4.78, 5) is 83.4. The molecule has 3 fully saturated rings. The third kappa shape index (κ3) is 12.6. The summed E-state index contributed by atoms with van der Waals surface area (Å²) >= 11 is 0. The third-order valence-corrected chi connectivity index (χ3v) is 12.0. The normalized spacial score (nSPS) is 21.7. The van der Waals surface area contributed by atoms with Gasteiger partial charge in [-0.05, 0) is 74.8 Å². The van der Waals surface area contributed by atoms with Crippen molar-refractivity contribution in [2.24, 2.45) is 35.0 Å². The molecule has 13 heteroatoms. The molecule has 13 nitrogen and oxygen atoms in total. The SMILES string of the molecule is CCC[C@H](CC(=O)[C@@H]1CC2CCCCC2N1C(=O)[C@@H](CC(=O)[C@@H](NC(=O)c1cnccn1)C1CCCCC1)C(C)(C)C)C(O)C(=O)OCC.NOc1ccccc1. The van der Waals surface area contributed by atoms with Gasteiger partial charge < -0.3 is 24.9 Å². The quantitative estimate of drug-likeness (QED) is 0.130. The molecule has 7 atom stereocenters. The lowest BCUT2D eigenvalue weighted by Crippen LogP contribution is -2.53. The van der Waals surface area contributed by atoms with Crippen LogP contribution in [0.5, 0.6) is 5.75 Å². The molecule has 1 saturated heterocycles. The molecule has 314 valence electrons. The maximum absolute atomic E-state index is 14.9. The number of hydrogen-bond acceptors (Lipinski definition) is 11. The van der Waals surface area contributed by atoms with Gasteiger partial charge in [-0.2, -0.15) is 5.90 Å². The van der Waals surface area contributed by atoms with Crippen LogP contribution in [0.2, 0.25) is 0 Å². The highest BCUT2D eigenvalue weighted by molar-refractivity contribution is 5.98. The Labute approximate surface area is 338 Å². The standard InChI is InChI=1S/C38H58N4O7.C6H7NO/c1-6-13-26(34(45)37(48)49-7-2)21-31(43)30-20-25-16-11-12-17-29(25)42(30)36(47)27(38(3,4)5)22-32(44)33(24-14-9-8-10-15-24)41-35(46)28-23-39-18-19-40-28;7-8-6-4-2-1-3-5-6/h18-19,23-27,29-30,33-34,45H,6-17,20-22H2,1-5H3,(H,41,46);1-5H,7H2/t25?,26-,27-,29?,30+,33+,34?;/m1./s1. The van der Waals surface area contributed by atoms with Crippen LogP contribution in [0.15, 0.2) is 48.9 Å². The summed E-state index contributed by atoms with van der Waals surface area (Å²) in [5.41, 5.74) is -0.472. The number of benzene rings is 1. The van der Waals surface area contributed by atoms with E-state index in [0.29, 0.717) is 25.0 Å². The van der Waals surface area contributed by atoms with Crippen molar-refractivity contribution in [1.82, 2.24) is 20.2 Å². The van der Waals surface area contributed by atoms with Crippen LogP contribution >= 0.6 is 0 Å². The lowest BCUT2D eigenvalue weighted by Gasteiger charge is -2.40. The second kappa shape index (κ2) is 22.1. The van der Waals surface area contributed by atoms with Crippen LogP contribution in [0.3, 0.4) is 0 Å². The topological polar surface area (TPSA) is 191 Å². The molecule has 4 N–H and O–H groups in total. The first-order valence-corrected chi connectivity index (χ1v) is 21.0. The number of hydrogen-bond donors (Lipinski definition) is 3. The summed E-state index contributed by atoms with van der Waals surface area (Å²) in [6.45, 7) is 9.61. The van der Waals surface area contributed by atoms with E-state index in [4.69, 9.17) is 10.6 Å². The largest absolute Gasteiger partial charge is 0.464 e. The number of aliphatic hydroxyl groups excluding tert-OH is 1. The van der Waals surface area contributed by atoms with Crippen molar-refractivity contribution >= 4 is 29.4 Å². The number of carbonyl (C=O) groups is 5. The number of nitrogens with zero attached hydrogens (tertiary/aromatic N) is 3. The van der Waals surface area contributed by atoms with Gasteiger partial charge in [-0.25, -0.2) is 9.78 Å². The maximum Gasteiger partial charge on any atom is 0.335 e. The number of ketones is 2. The fourth-order valence-electron chi connectivity index (χ4n) is 8.95. The first-order valence-electron chi connectivity index (χ1n) is 21.0. The van der Waals surface area contributed by atoms with Crippen LogP contribution in [-0.4, -0.2) is 80.2 Å². The Bertz CT molecular complexity index is 1600. The monoisotopic (exact) mass is 791 g/mol. The number of aromatic nitrogens is 2. The van der Waals surface area contributed by atoms with Crippen molar-refractivity contribution in [3.05, 3.63) is 54.6 Å². The number of nitrogens with two attached hydrogens (primary N) is 1. The van der Waals surface area contributed by atoms with Crippen LogP contribution in [0.25, 0.3) is 0 Å². The third-order valence-electron chi connectivity index (χ3n) is 12.0. The molecule has 2 aromatic rings. The smallest absolute Gasteiger partial charge is 0.335 e. The van der Waals surface area contributed by atoms with E-state index >= 15 is 0 Å². The van der Waals surface area contributed by atoms with E-state index in [1.165, 1.54) is 18.6 Å². The summed E-state index contributed by atoms with van der Waals surface area (Å²) < 4.78 is 5.06. The highest BCUT2D eigenvalue weighted by Gasteiger charge is 2.51. The molecular formula is C44H65N5O8. The highest BCUT2D eigenvalue weighted by atomic mass is 16.6. The Morgan fingerprint density at radius 1 is 0.947 bits per heavy atom. The lowest BCUT2D eigenvalue weighted by atomic mass is 9.73. The number of rotatable bonds is 16. The number of carbonyl (C=O) groups excluding carboxylic acids is 5. The fourth-order valence-corrected chi connectivity index (χ4v) is 8.95. The molecule has 2 aliphatic carbocycles. The molecule has 1 aromatic carbocycles. The minimum Gasteiger partial charge on any atom is -0.464 e. The molecule has 57 heavy (non-hydrogen) atoms. The molecular weight excluding hydrogens is 727 g/mol. The van der Waals surface area contributed by atoms with Gasteiger partial charge in [-0.15, -0.1) is 0 Å². The second-order valence-corrected chi connectivity index (χ2v) is 17.0. The molecule has 0 radical (unpaired) electrons. The summed E-state index contributed by atoms with van der Waals surface area (Å²) in [5.74, 6) is 2.64. The molecule has 3 unspecified atom stereocenters. The van der Waals surface area contributed by atoms with E-state index in [9.17, 15) is 29.1 Å². The Morgan fingerprint density at radius 3 is 2.23 bits per heavy atom. The number of Topliss-reactive ketones (excluding diaryl/α,β-unsaturated/α-hetero) is 2. The Hall–Kier alpha value is -4.23. The van der Waals surface area contributed by atoms with Crippen molar-refractivity contribution in [1.29, 1.82) is 0 Å². The van der Waals surface area contributed by atoms with Gasteiger partial charge in [-0.1, -0.05) is 84.4 Å². The van der Waals surface area contributed by atoms with E-state index in [2.05, 4.69) is 20.1 Å². The molecule has 2 heterocycles. The number of ether oxygens (including phenoxy) is 1. The minimum atomic E-state index is -1.41. The zero-order valence-corrected chi connectivity index (χ0v) is 34.6. The summed E-state index contributed by atoms with van der Waals surface area (Å²) in [5, 5.41) is 13.8. The number of aliphatic hydroxyl groups is 1. The second-order valence-electron chi connectivity index (χ2n) is 17.0. The number of fused-ring (bicyclic) bond motifs is 1. The predicted molar refractivity (Wildman–Crippen MR) is 215 cm³/mol. The van der Waals surface area contributed by atoms with Crippen LogP contribution in [-0.2, 0) is 23.9 Å². The van der Waals surface area contributed by atoms with E-state index < -0.39 is 47.3 Å². The van der Waals surface area contributed by atoms with Crippen LogP contribution < -0.4 is 16.1 Å². The van der Waals surface area contributed by atoms with Crippen LogP contribution in [0, 0.1) is 29.1 Å². The number of amides is 2. The van der Waals surface area contributed by atoms with Gasteiger partial charge in [0, 0.05) is 43.1 Å². The molecule has 2 amide bonds. The molecule has 0 spiro atoms. The van der Waals surface area contributed by atoms with Gasteiger partial charge in [0.25, 0.3) is 5.91 Å². The maximum atomic E-state index is 14.9. The number of likely N-dealkylation sites (tertiary alicyclic amines) is 1. The van der Waals surface area contributed by atoms with E-state index in [1.807, 2.05) is 45.9 Å². The zero-order valence-electron chi connectivity index (χ0n) is 34.6. The van der Waals surface area contributed by atoms with Crippen molar-refractivity contribution in [2.75, 3.05) is 6.61 Å². The zero-order chi connectivity index (χ0) is 41.5. The van der Waals surface area contributed by atoms with E-state index in [0.717, 1.165) is 57.8 Å². The van der Waals surface area contributed by atoms with Crippen molar-refractivity contribution < 1.29 is 38.7 Å². The van der Waals surface area contributed by atoms with E-state index in [1.54, 1.807) is 24.0 Å². The number of esters is 1. The van der Waals surface area contributed by atoms with E-state index in [-0.39, 0.29) is 60.5 Å². The molecule has 0 bridgehead atoms. The predicted octanol–water partition coefficient (Wildman–Crippen LogP) is 6.18. The molecule has 2 saturated carbocycles. The van der Waals surface area contributed by atoms with Crippen molar-refractivity contribution in [2.45, 2.75) is 149 Å². The fraction of sp³-hybridized carbons (Fsp3) is 0.659. The van der Waals surface area contributed by atoms with Gasteiger partial charge in [0.1, 0.15) is 11.4 Å². The van der Waals surface area contributed by atoms with Gasteiger partial charge in [0.15, 0.2) is 17.7 Å². The molecule has 5 rings (SSSR count). The van der Waals surface area contributed by atoms with Gasteiger partial charge in [0.05, 0.1) is 24.9 Å². The van der Waals surface area contributed by atoms with Gasteiger partial charge in [-0.3, -0.25) is 24.2 Å². The first-order chi connectivity index (χ1) is 27.3. The number of para-hydroxylation sites is 1. The van der Waals surface area contributed by atoms with Gasteiger partial charge in [0.2, 0.25) is 5.91 Å². The summed E-state index contributed by atoms with van der Waals surface area (Å²) in [6, 6.07) is 7.68. The van der Waals surface area contributed by atoms with Crippen molar-refractivity contribution in [3.63, 3.8) is 0 Å². The Balaban J connectivity index is 0.000000800. The summed E-state index contributed by atoms with van der Waals surface area (Å²) in [7, 11) is 0. The number of nitrogens with one attached hydrogen (secondary N) is 1. The lowest BCUT2D eigenvalue weighted by molar-refractivity contribution is -0.157. The Kier molecular flexibility index (Phi) is 17.6. The van der Waals surface area contributed by atoms with Crippen LogP contribution in [0.4, 0.5) is 0 Å². The molecule has 1 aromatic heterocycles. The van der Waals surface area contributed by atoms with Crippen molar-refractivity contribution in [3.8, 4) is 5.75 Å². The van der Waals surface area contributed by atoms with Gasteiger partial charge >= 0.3 is 5.97 Å². The first kappa shape index (κ1) is 45.5. The average molecular weight is 792 g/mol. The highest BCUT2D eigenvalue weighted by Crippen LogP contribution is 2.44. The summed E-state index contributed by atoms with van der Waals surface area (Å²) in [6.07, 6.45) is 12.9.